The van der Waals surface area contributed by atoms with Crippen molar-refractivity contribution in [3.63, 3.8) is 0 Å². The van der Waals surface area contributed by atoms with Crippen molar-refractivity contribution >= 4 is 36.2 Å². The second kappa shape index (κ2) is 6.44. The van der Waals surface area contributed by atoms with Crippen LogP contribution in [-0.2, 0) is 12.8 Å². The standard InChI is InChI=1S/C15H16N2S.2ClH/c1-2-4-12-11(3-1)8-13-15(12)17-14(18-13)7-10-5-6-16-9-10;;/h1-4,10,16H,5-9H2;2*1H/t10-;;/m1../s1. The van der Waals surface area contributed by atoms with Gasteiger partial charge in [0.25, 0.3) is 0 Å². The molecular weight excluding hydrogens is 311 g/mol. The molecule has 1 atom stereocenters. The molecule has 5 heteroatoms. The number of aromatic nitrogens is 1. The smallest absolute Gasteiger partial charge is 0.0938 e. The number of fused-ring (bicyclic) bond motifs is 3. The van der Waals surface area contributed by atoms with Gasteiger partial charge in [-0.25, -0.2) is 4.98 Å². The van der Waals surface area contributed by atoms with Crippen LogP contribution >= 0.6 is 36.2 Å². The molecule has 1 aliphatic heterocycles. The summed E-state index contributed by atoms with van der Waals surface area (Å²) in [6.07, 6.45) is 3.56. The van der Waals surface area contributed by atoms with E-state index >= 15 is 0 Å². The largest absolute Gasteiger partial charge is 0.316 e. The van der Waals surface area contributed by atoms with Gasteiger partial charge in [0, 0.05) is 23.3 Å². The monoisotopic (exact) mass is 328 g/mol. The van der Waals surface area contributed by atoms with Crippen LogP contribution in [0.2, 0.25) is 0 Å². The van der Waals surface area contributed by atoms with Gasteiger partial charge in [-0.2, -0.15) is 0 Å². The Hall–Kier alpha value is -0.610. The fraction of sp³-hybridized carbons (Fsp3) is 0.400. The van der Waals surface area contributed by atoms with E-state index in [1.54, 1.807) is 0 Å². The van der Waals surface area contributed by atoms with Gasteiger partial charge < -0.3 is 5.32 Å². The SMILES string of the molecule is Cl.Cl.c1ccc2c(c1)Cc1sc(C[C@H]3CCNC3)nc1-2. The van der Waals surface area contributed by atoms with Crippen molar-refractivity contribution in [1.29, 1.82) is 0 Å². The van der Waals surface area contributed by atoms with Crippen molar-refractivity contribution in [2.75, 3.05) is 13.1 Å². The van der Waals surface area contributed by atoms with Gasteiger partial charge >= 0.3 is 0 Å². The maximum absolute atomic E-state index is 4.89. The third-order valence-electron chi connectivity index (χ3n) is 3.99. The highest BCUT2D eigenvalue weighted by molar-refractivity contribution is 7.12. The maximum Gasteiger partial charge on any atom is 0.0938 e. The van der Waals surface area contributed by atoms with E-state index in [1.165, 1.54) is 46.2 Å². The van der Waals surface area contributed by atoms with Crippen LogP contribution in [0.1, 0.15) is 21.9 Å². The third kappa shape index (κ3) is 2.73. The van der Waals surface area contributed by atoms with Crippen molar-refractivity contribution in [1.82, 2.24) is 10.3 Å². The van der Waals surface area contributed by atoms with Crippen LogP contribution in [-0.4, -0.2) is 18.1 Å². The summed E-state index contributed by atoms with van der Waals surface area (Å²) >= 11 is 1.93. The molecule has 0 unspecified atom stereocenters. The van der Waals surface area contributed by atoms with E-state index in [2.05, 4.69) is 29.6 Å². The summed E-state index contributed by atoms with van der Waals surface area (Å²) in [7, 11) is 0. The molecule has 2 nitrogen and oxygen atoms in total. The molecule has 108 valence electrons. The molecule has 1 N–H and O–H groups in total. The lowest BCUT2D eigenvalue weighted by Crippen LogP contribution is -2.10. The maximum atomic E-state index is 4.89. The van der Waals surface area contributed by atoms with Crippen LogP contribution in [0.3, 0.4) is 0 Å². The summed E-state index contributed by atoms with van der Waals surface area (Å²) in [5.41, 5.74) is 4.07. The van der Waals surface area contributed by atoms with E-state index in [9.17, 15) is 0 Å². The molecule has 4 rings (SSSR count). The number of nitrogens with one attached hydrogen (secondary N) is 1. The Kier molecular flexibility index (Phi) is 5.08. The summed E-state index contributed by atoms with van der Waals surface area (Å²) in [6.45, 7) is 2.35. The Balaban J connectivity index is 0.000000735. The average molecular weight is 329 g/mol. The second-order valence-corrected chi connectivity index (χ2v) is 6.44. The predicted molar refractivity (Wildman–Crippen MR) is 89.5 cm³/mol. The van der Waals surface area contributed by atoms with E-state index in [1.807, 2.05) is 11.3 Å². The van der Waals surface area contributed by atoms with Crippen molar-refractivity contribution in [2.45, 2.75) is 19.3 Å². The lowest BCUT2D eigenvalue weighted by molar-refractivity contribution is 0.578. The molecule has 20 heavy (non-hydrogen) atoms. The van der Waals surface area contributed by atoms with Gasteiger partial charge in [0.15, 0.2) is 0 Å². The molecule has 1 saturated heterocycles. The van der Waals surface area contributed by atoms with Crippen molar-refractivity contribution in [3.05, 3.63) is 39.7 Å². The highest BCUT2D eigenvalue weighted by Crippen LogP contribution is 2.39. The molecule has 0 bridgehead atoms. The van der Waals surface area contributed by atoms with Crippen LogP contribution in [0.5, 0.6) is 0 Å². The predicted octanol–water partition coefficient (Wildman–Crippen LogP) is 3.71. The molecule has 0 spiro atoms. The number of rotatable bonds is 2. The molecule has 1 aromatic carbocycles. The van der Waals surface area contributed by atoms with E-state index in [0.29, 0.717) is 0 Å². The minimum atomic E-state index is 0. The number of nitrogens with zero attached hydrogens (tertiary/aromatic N) is 1. The van der Waals surface area contributed by atoms with E-state index in [-0.39, 0.29) is 24.8 Å². The lowest BCUT2D eigenvalue weighted by Gasteiger charge is -2.04. The van der Waals surface area contributed by atoms with Gasteiger partial charge in [-0.15, -0.1) is 36.2 Å². The summed E-state index contributed by atoms with van der Waals surface area (Å²) in [5.74, 6) is 0.798. The fourth-order valence-corrected chi connectivity index (χ4v) is 4.25. The topological polar surface area (TPSA) is 24.9 Å². The van der Waals surface area contributed by atoms with Gasteiger partial charge in [0.05, 0.1) is 10.7 Å². The number of hydrogen-bond acceptors (Lipinski definition) is 3. The van der Waals surface area contributed by atoms with E-state index < -0.39 is 0 Å². The normalized spacial score (nSPS) is 18.9. The molecular formula is C15H18Cl2N2S. The lowest BCUT2D eigenvalue weighted by atomic mass is 10.1. The number of hydrogen-bond donors (Lipinski definition) is 1. The van der Waals surface area contributed by atoms with Crippen LogP contribution < -0.4 is 5.32 Å². The molecule has 2 aliphatic rings. The van der Waals surface area contributed by atoms with Gasteiger partial charge in [0.1, 0.15) is 0 Å². The van der Waals surface area contributed by atoms with Crippen molar-refractivity contribution in [3.8, 4) is 11.3 Å². The van der Waals surface area contributed by atoms with E-state index in [4.69, 9.17) is 4.98 Å². The zero-order valence-corrected chi connectivity index (χ0v) is 13.5. The van der Waals surface area contributed by atoms with Gasteiger partial charge in [-0.05, 0) is 31.0 Å². The molecule has 0 saturated carbocycles. The van der Waals surface area contributed by atoms with Crippen LogP contribution in [0.15, 0.2) is 24.3 Å². The third-order valence-corrected chi connectivity index (χ3v) is 5.07. The van der Waals surface area contributed by atoms with Crippen LogP contribution in [0.4, 0.5) is 0 Å². The summed E-state index contributed by atoms with van der Waals surface area (Å²) in [6, 6.07) is 8.68. The highest BCUT2D eigenvalue weighted by atomic mass is 35.5. The van der Waals surface area contributed by atoms with Gasteiger partial charge in [0.2, 0.25) is 0 Å². The Morgan fingerprint density at radius 3 is 2.90 bits per heavy atom. The Morgan fingerprint density at radius 1 is 1.25 bits per heavy atom. The molecule has 1 aromatic heterocycles. The molecule has 0 amide bonds. The first kappa shape index (κ1) is 15.8. The van der Waals surface area contributed by atoms with Gasteiger partial charge in [-0.1, -0.05) is 24.3 Å². The van der Waals surface area contributed by atoms with E-state index in [0.717, 1.165) is 18.8 Å². The van der Waals surface area contributed by atoms with Crippen LogP contribution in [0, 0.1) is 5.92 Å². The van der Waals surface area contributed by atoms with Crippen molar-refractivity contribution < 1.29 is 0 Å². The minimum absolute atomic E-state index is 0. The molecule has 1 fully saturated rings. The van der Waals surface area contributed by atoms with Crippen LogP contribution in [0.25, 0.3) is 11.3 Å². The Labute approximate surface area is 135 Å². The first-order valence-electron chi connectivity index (χ1n) is 6.68. The molecule has 2 aromatic rings. The highest BCUT2D eigenvalue weighted by Gasteiger charge is 2.24. The molecule has 0 radical (unpaired) electrons. The Morgan fingerprint density at radius 2 is 2.10 bits per heavy atom. The second-order valence-electron chi connectivity index (χ2n) is 5.28. The summed E-state index contributed by atoms with van der Waals surface area (Å²) in [4.78, 5) is 6.36. The molecule has 1 aliphatic carbocycles. The fourth-order valence-electron chi connectivity index (χ4n) is 3.03. The zero-order valence-electron chi connectivity index (χ0n) is 11.1. The average Bonchev–Trinajstić information content (AvgIpc) is 3.05. The van der Waals surface area contributed by atoms with Crippen molar-refractivity contribution in [2.24, 2.45) is 5.92 Å². The summed E-state index contributed by atoms with van der Waals surface area (Å²) in [5, 5.41) is 4.77. The first-order valence-corrected chi connectivity index (χ1v) is 7.49. The summed E-state index contributed by atoms with van der Waals surface area (Å²) < 4.78 is 0. The number of thiazole rings is 1. The minimum Gasteiger partial charge on any atom is -0.316 e. The number of benzene rings is 1. The molecule has 2 heterocycles. The zero-order chi connectivity index (χ0) is 11.9. The number of halogens is 2. The first-order chi connectivity index (χ1) is 8.90. The Bertz CT molecular complexity index is 591. The quantitative estimate of drug-likeness (QED) is 0.775. The van der Waals surface area contributed by atoms with Gasteiger partial charge in [-0.3, -0.25) is 0 Å².